The van der Waals surface area contributed by atoms with Gasteiger partial charge >= 0.3 is 0 Å². The number of rotatable bonds is 6. The molecule has 0 aromatic heterocycles. The molecule has 13 aliphatic rings. The van der Waals surface area contributed by atoms with Crippen molar-refractivity contribution in [1.82, 2.24) is 0 Å². The minimum absolute atomic E-state index is 0.208. The zero-order chi connectivity index (χ0) is 108. The maximum atomic E-state index is 2.61. The first-order valence-corrected chi connectivity index (χ1v) is 60.0. The molecule has 9 heteroatoms. The Morgan fingerprint density at radius 1 is 0.127 bits per heavy atom. The molecule has 0 saturated carbocycles. The molecule has 15 aromatic rings. The van der Waals surface area contributed by atoms with Crippen molar-refractivity contribution < 1.29 is 0 Å². The standard InChI is InChI=1S/C39H33BN2.2C36H29BN2.15C2H6/c1-2-14-35-33(13-1)40-34-23-29-11-5-12-30(29)24-38(34)42(32-20-18-26-8-4-10-28(26)22-32)37-16-6-15-36(39(37)40)41(35)31-19-17-25-7-3-9-27(25)21-31;1-3-14-32-30(12-1)37-31-13-2-4-15-33(31)39(29-21-19-25-9-6-11-27(25)23-29)35-17-7-16-34(36(35)37)38(32)28-20-18-24-8-5-10-26(24)22-28;1-2-13-28(14-3-1)38-32-16-5-4-15-30(32)37-31-22-26-11-7-12-27(26)23-35(31)39(34-18-8-17-33(38)36(34)37)29-20-19-24-9-6-10-25(24)21-29;15*1-2/h1-2,6,13-24H,3-5,7-12H2;1-4,7,12-23H,5-6,8-11H2;1-5,8,13-23H,6-7,9-12H2;15*1-2H3. The summed E-state index contributed by atoms with van der Waals surface area (Å²) in [7, 11) is 0. The van der Waals surface area contributed by atoms with E-state index in [0.717, 1.165) is 0 Å². The smallest absolute Gasteiger partial charge is 0.252 e. The number of nitrogens with zero attached hydrogens (tertiary/aromatic N) is 6. The average molecular weight is 1990 g/mol. The number of anilines is 18. The van der Waals surface area contributed by atoms with Crippen molar-refractivity contribution in [2.24, 2.45) is 0 Å². The molecule has 0 unspecified atom stereocenters. The van der Waals surface area contributed by atoms with Crippen LogP contribution in [0.5, 0.6) is 0 Å². The van der Waals surface area contributed by atoms with Crippen LogP contribution < -0.4 is 78.6 Å². The van der Waals surface area contributed by atoms with Gasteiger partial charge < -0.3 is 29.4 Å². The molecule has 0 bridgehead atoms. The van der Waals surface area contributed by atoms with Crippen molar-refractivity contribution in [1.29, 1.82) is 0 Å². The van der Waals surface area contributed by atoms with Crippen LogP contribution in [0, 0.1) is 0 Å². The monoisotopic (exact) mass is 1990 g/mol. The third-order valence-corrected chi connectivity index (χ3v) is 29.7. The van der Waals surface area contributed by atoms with Gasteiger partial charge in [0.25, 0.3) is 20.1 Å². The molecule has 6 heterocycles. The third kappa shape index (κ3) is 22.6. The van der Waals surface area contributed by atoms with Crippen molar-refractivity contribution in [3.63, 3.8) is 0 Å². The fourth-order valence-corrected chi connectivity index (χ4v) is 24.5. The van der Waals surface area contributed by atoms with Gasteiger partial charge in [0.2, 0.25) is 0 Å². The van der Waals surface area contributed by atoms with E-state index in [4.69, 9.17) is 0 Å². The highest BCUT2D eigenvalue weighted by molar-refractivity contribution is 7.02. The molecule has 0 radical (unpaired) electrons. The molecule has 0 saturated heterocycles. The number of hydrogen-bond acceptors (Lipinski definition) is 6. The number of fused-ring (bicyclic) bond motifs is 19. The summed E-state index contributed by atoms with van der Waals surface area (Å²) < 4.78 is 0. The quantitative estimate of drug-likeness (QED) is 0.153. The number of para-hydroxylation sites is 5. The van der Waals surface area contributed by atoms with E-state index in [-0.39, 0.29) is 20.1 Å². The second-order valence-electron chi connectivity index (χ2n) is 36.1. The van der Waals surface area contributed by atoms with Gasteiger partial charge in [0, 0.05) is 102 Å². The lowest BCUT2D eigenvalue weighted by Gasteiger charge is -2.44. The fraction of sp³-hybridized carbons (Fsp3) is 0.362. The van der Waals surface area contributed by atoms with E-state index in [2.05, 4.69) is 327 Å². The third-order valence-electron chi connectivity index (χ3n) is 29.7. The van der Waals surface area contributed by atoms with Gasteiger partial charge in [0.05, 0.1) is 0 Å². The Bertz CT molecular complexity index is 6720. The van der Waals surface area contributed by atoms with Crippen LogP contribution in [0.15, 0.2) is 297 Å². The normalized spacial score (nSPS) is 13.7. The summed E-state index contributed by atoms with van der Waals surface area (Å²) in [5, 5.41) is 0. The minimum atomic E-state index is 0.208. The Morgan fingerprint density at radius 3 is 0.520 bits per heavy atom. The Balaban J connectivity index is 0.000000189. The van der Waals surface area contributed by atoms with E-state index in [1.54, 1.807) is 16.7 Å². The molecule has 15 aromatic carbocycles. The lowest BCUT2D eigenvalue weighted by molar-refractivity contribution is 0.911. The molecule has 784 valence electrons. The summed E-state index contributed by atoms with van der Waals surface area (Å²) in [6.45, 7) is 60.7. The fourth-order valence-electron chi connectivity index (χ4n) is 24.5. The SMILES string of the molecule is CC.CC.CC.CC.CC.CC.CC.CC.CC.CC.CC.CC.CC.CC.CC.c1ccc(N2c3ccccc3B3c4cc5c(cc4N(c4ccc6c(c4)CCC6)c4cccc2c43)CCC5)cc1.c1ccc2c(c1)B1c3cc4c(cc3N(c3ccc5c(c3)CCC5)c3cccc(c31)N2c1ccc2c(c1)CCC2)CCC4.c1ccc2c(c1)B1c3ccccc3N(c3ccc4c(c3)CCC4)c3cccc(c31)N2c1ccc2c(c1)CCC2. The molecular formula is C141H181B3N6. The maximum Gasteiger partial charge on any atom is 0.252 e. The first-order chi connectivity index (χ1) is 74.5. The zero-order valence-corrected chi connectivity index (χ0v) is 98.1. The molecule has 0 atom stereocenters. The molecule has 0 N–H and O–H groups in total. The summed E-state index contributed by atoms with van der Waals surface area (Å²) >= 11 is 0. The Labute approximate surface area is 912 Å². The second-order valence-corrected chi connectivity index (χ2v) is 36.1. The molecular weight excluding hydrogens is 1810 g/mol. The summed E-state index contributed by atoms with van der Waals surface area (Å²) in [5.74, 6) is 0. The highest BCUT2D eigenvalue weighted by atomic mass is 15.2. The van der Waals surface area contributed by atoms with Crippen LogP contribution in [0.3, 0.4) is 0 Å². The molecule has 0 spiro atoms. The second kappa shape index (κ2) is 58.1. The van der Waals surface area contributed by atoms with Gasteiger partial charge in [-0.2, -0.15) is 0 Å². The molecule has 6 aliphatic heterocycles. The first-order valence-electron chi connectivity index (χ1n) is 60.0. The number of aryl methyl sites for hydroxylation is 14. The number of hydrogen-bond donors (Lipinski definition) is 0. The summed E-state index contributed by atoms with van der Waals surface area (Å²) in [6.07, 6.45) is 25.7. The lowest BCUT2D eigenvalue weighted by atomic mass is 9.33. The lowest BCUT2D eigenvalue weighted by Crippen LogP contribution is -2.61. The minimum Gasteiger partial charge on any atom is -0.311 e. The molecule has 0 amide bonds. The van der Waals surface area contributed by atoms with Crippen LogP contribution in [0.4, 0.5) is 102 Å². The van der Waals surface area contributed by atoms with Gasteiger partial charge in [-0.25, -0.2) is 0 Å². The Hall–Kier alpha value is -12.7. The summed E-state index contributed by atoms with van der Waals surface area (Å²) in [6, 6.07) is 114. The highest BCUT2D eigenvalue weighted by Gasteiger charge is 2.48. The topological polar surface area (TPSA) is 19.4 Å². The van der Waals surface area contributed by atoms with E-state index >= 15 is 0 Å². The van der Waals surface area contributed by atoms with Gasteiger partial charge in [-0.15, -0.1) is 0 Å². The zero-order valence-electron chi connectivity index (χ0n) is 98.1. The predicted molar refractivity (Wildman–Crippen MR) is 676 cm³/mol. The van der Waals surface area contributed by atoms with Crippen LogP contribution in [-0.2, 0) is 89.9 Å². The Morgan fingerprint density at radius 2 is 0.293 bits per heavy atom. The summed E-state index contributed by atoms with van der Waals surface area (Å²) in [4.78, 5) is 15.3. The van der Waals surface area contributed by atoms with Crippen molar-refractivity contribution in [2.75, 3.05) is 29.4 Å². The van der Waals surface area contributed by atoms with E-state index in [9.17, 15) is 0 Å². The van der Waals surface area contributed by atoms with Crippen LogP contribution >= 0.6 is 0 Å². The van der Waals surface area contributed by atoms with Crippen LogP contribution in [0.25, 0.3) is 0 Å². The van der Waals surface area contributed by atoms with Crippen LogP contribution in [-0.4, -0.2) is 20.1 Å². The molecule has 7 aliphatic carbocycles. The molecule has 6 nitrogen and oxygen atoms in total. The summed E-state index contributed by atoms with van der Waals surface area (Å²) in [5.41, 5.74) is 57.7. The Kier molecular flexibility index (Phi) is 45.5. The van der Waals surface area contributed by atoms with Gasteiger partial charge in [0.1, 0.15) is 0 Å². The predicted octanol–water partition coefficient (Wildman–Crippen LogP) is 36.1. The highest BCUT2D eigenvalue weighted by Crippen LogP contribution is 2.51. The first kappa shape index (κ1) is 118. The van der Waals surface area contributed by atoms with Crippen molar-refractivity contribution in [3.05, 3.63) is 375 Å². The van der Waals surface area contributed by atoms with Gasteiger partial charge in [-0.3, -0.25) is 0 Å². The van der Waals surface area contributed by atoms with E-state index in [0.29, 0.717) is 0 Å². The molecule has 150 heavy (non-hydrogen) atoms. The van der Waals surface area contributed by atoms with Crippen LogP contribution in [0.1, 0.15) is 331 Å². The van der Waals surface area contributed by atoms with Crippen molar-refractivity contribution in [2.45, 2.75) is 343 Å². The number of benzene rings is 15. The van der Waals surface area contributed by atoms with E-state index in [1.807, 2.05) is 208 Å². The van der Waals surface area contributed by atoms with Gasteiger partial charge in [0.15, 0.2) is 0 Å². The van der Waals surface area contributed by atoms with Gasteiger partial charge in [-0.1, -0.05) is 359 Å². The van der Waals surface area contributed by atoms with Crippen LogP contribution in [0.2, 0.25) is 0 Å². The van der Waals surface area contributed by atoms with Crippen molar-refractivity contribution >= 4 is 172 Å². The van der Waals surface area contributed by atoms with E-state index in [1.165, 1.54) is 348 Å². The maximum absolute atomic E-state index is 2.61. The molecule has 28 rings (SSSR count). The van der Waals surface area contributed by atoms with E-state index < -0.39 is 0 Å². The largest absolute Gasteiger partial charge is 0.311 e. The van der Waals surface area contributed by atoms with Crippen molar-refractivity contribution in [3.8, 4) is 0 Å². The molecule has 0 fully saturated rings. The average Bonchev–Trinajstić information content (AvgIpc) is 1.05. The van der Waals surface area contributed by atoms with Gasteiger partial charge in [-0.05, 0) is 407 Å².